The van der Waals surface area contributed by atoms with Gasteiger partial charge in [-0.1, -0.05) is 12.1 Å². The Labute approximate surface area is 131 Å². The first-order chi connectivity index (χ1) is 9.58. The van der Waals surface area contributed by atoms with Crippen LogP contribution in [0.2, 0.25) is 0 Å². The topological polar surface area (TPSA) is 75.4 Å². The van der Waals surface area contributed by atoms with Crippen molar-refractivity contribution in [1.82, 2.24) is 5.32 Å². The minimum atomic E-state index is -0.500. The molecule has 0 aromatic heterocycles. The van der Waals surface area contributed by atoms with Crippen molar-refractivity contribution >= 4 is 29.9 Å². The number of halogens is 1. The highest BCUT2D eigenvalue weighted by Crippen LogP contribution is 2.21. The van der Waals surface area contributed by atoms with E-state index in [1.54, 1.807) is 6.92 Å². The van der Waals surface area contributed by atoms with Crippen LogP contribution in [0.4, 0.5) is 5.69 Å². The summed E-state index contributed by atoms with van der Waals surface area (Å²) in [7, 11) is 0. The van der Waals surface area contributed by atoms with Crippen LogP contribution >= 0.6 is 12.4 Å². The fraction of sp³-hybridized carbons (Fsp3) is 0.467. The molecule has 6 heteroatoms. The molecule has 1 heterocycles. The lowest BCUT2D eigenvalue weighted by Crippen LogP contribution is -2.37. The lowest BCUT2D eigenvalue weighted by atomic mass is 10.1. The Kier molecular flexibility index (Phi) is 6.65. The Morgan fingerprint density at radius 3 is 2.57 bits per heavy atom. The van der Waals surface area contributed by atoms with Crippen LogP contribution < -0.4 is 16.0 Å². The van der Waals surface area contributed by atoms with Crippen LogP contribution in [-0.2, 0) is 16.1 Å². The van der Waals surface area contributed by atoms with E-state index in [0.29, 0.717) is 13.0 Å². The molecule has 1 atom stereocenters. The summed E-state index contributed by atoms with van der Waals surface area (Å²) in [6.07, 6.45) is 2.67. The highest BCUT2D eigenvalue weighted by Gasteiger charge is 2.19. The van der Waals surface area contributed by atoms with E-state index in [0.717, 1.165) is 30.6 Å². The van der Waals surface area contributed by atoms with Crippen molar-refractivity contribution in [2.75, 3.05) is 11.4 Å². The van der Waals surface area contributed by atoms with Crippen molar-refractivity contribution in [3.8, 4) is 0 Å². The predicted molar refractivity (Wildman–Crippen MR) is 85.4 cm³/mol. The summed E-state index contributed by atoms with van der Waals surface area (Å²) in [5, 5.41) is 2.76. The molecule has 1 aromatic carbocycles. The van der Waals surface area contributed by atoms with Gasteiger partial charge in [-0.05, 0) is 37.5 Å². The van der Waals surface area contributed by atoms with E-state index >= 15 is 0 Å². The second kappa shape index (κ2) is 8.00. The summed E-state index contributed by atoms with van der Waals surface area (Å²) < 4.78 is 0. The molecule has 0 aliphatic carbocycles. The zero-order valence-electron chi connectivity index (χ0n) is 12.2. The zero-order chi connectivity index (χ0) is 14.5. The number of amides is 2. The van der Waals surface area contributed by atoms with E-state index < -0.39 is 6.04 Å². The predicted octanol–water partition coefficient (Wildman–Crippen LogP) is 1.59. The van der Waals surface area contributed by atoms with Crippen LogP contribution in [0.25, 0.3) is 0 Å². The van der Waals surface area contributed by atoms with Gasteiger partial charge in [0.05, 0.1) is 6.04 Å². The summed E-state index contributed by atoms with van der Waals surface area (Å²) in [5.41, 5.74) is 7.40. The third-order valence-corrected chi connectivity index (χ3v) is 3.45. The van der Waals surface area contributed by atoms with E-state index in [2.05, 4.69) is 5.32 Å². The molecule has 0 unspecified atom stereocenters. The molecule has 116 valence electrons. The maximum atomic E-state index is 11.8. The number of rotatable bonds is 4. The first-order valence-corrected chi connectivity index (χ1v) is 7.00. The van der Waals surface area contributed by atoms with E-state index in [4.69, 9.17) is 5.73 Å². The van der Waals surface area contributed by atoms with Crippen molar-refractivity contribution in [2.24, 2.45) is 5.73 Å². The zero-order valence-corrected chi connectivity index (χ0v) is 13.0. The molecule has 2 rings (SSSR count). The Hall–Kier alpha value is -1.59. The number of anilines is 1. The molecule has 0 spiro atoms. The monoisotopic (exact) mass is 311 g/mol. The van der Waals surface area contributed by atoms with Crippen molar-refractivity contribution in [1.29, 1.82) is 0 Å². The number of hydrogen-bond acceptors (Lipinski definition) is 3. The summed E-state index contributed by atoms with van der Waals surface area (Å²) in [6.45, 7) is 2.90. The largest absolute Gasteiger partial charge is 0.351 e. The summed E-state index contributed by atoms with van der Waals surface area (Å²) in [4.78, 5) is 25.0. The molecule has 1 aliphatic rings. The highest BCUT2D eigenvalue weighted by molar-refractivity contribution is 5.93. The molecule has 0 bridgehead atoms. The highest BCUT2D eigenvalue weighted by atomic mass is 35.5. The van der Waals surface area contributed by atoms with Gasteiger partial charge in [-0.3, -0.25) is 9.59 Å². The van der Waals surface area contributed by atoms with E-state index in [1.165, 1.54) is 0 Å². The Balaban J connectivity index is 0.00000220. The molecule has 0 saturated carbocycles. The quantitative estimate of drug-likeness (QED) is 0.886. The Bertz CT molecular complexity index is 488. The van der Waals surface area contributed by atoms with Gasteiger partial charge in [-0.2, -0.15) is 0 Å². The number of nitrogens with zero attached hydrogens (tertiary/aromatic N) is 1. The lowest BCUT2D eigenvalue weighted by molar-refractivity contribution is -0.122. The Morgan fingerprint density at radius 1 is 1.33 bits per heavy atom. The minimum absolute atomic E-state index is 0. The second-order valence-electron chi connectivity index (χ2n) is 5.18. The number of benzene rings is 1. The number of hydrogen-bond donors (Lipinski definition) is 2. The Morgan fingerprint density at radius 2 is 2.00 bits per heavy atom. The van der Waals surface area contributed by atoms with E-state index in [9.17, 15) is 9.59 Å². The number of nitrogens with two attached hydrogens (primary N) is 1. The maximum absolute atomic E-state index is 11.8. The van der Waals surface area contributed by atoms with Gasteiger partial charge in [0.1, 0.15) is 0 Å². The first-order valence-electron chi connectivity index (χ1n) is 7.00. The van der Waals surface area contributed by atoms with Gasteiger partial charge in [-0.15, -0.1) is 12.4 Å². The van der Waals surface area contributed by atoms with Crippen LogP contribution in [0.5, 0.6) is 0 Å². The summed E-state index contributed by atoms with van der Waals surface area (Å²) in [5.74, 6) is 0.0227. The van der Waals surface area contributed by atoms with Crippen LogP contribution in [0.15, 0.2) is 24.3 Å². The SMILES string of the molecule is C[C@@H](N)C(=O)NCc1ccc(N2CCCCC2=O)cc1.Cl. The smallest absolute Gasteiger partial charge is 0.236 e. The van der Waals surface area contributed by atoms with Crippen molar-refractivity contribution in [2.45, 2.75) is 38.8 Å². The molecule has 1 aliphatic heterocycles. The van der Waals surface area contributed by atoms with Crippen LogP contribution in [0.3, 0.4) is 0 Å². The fourth-order valence-corrected chi connectivity index (χ4v) is 2.22. The molecule has 21 heavy (non-hydrogen) atoms. The standard InChI is InChI=1S/C15H21N3O2.ClH/c1-11(16)15(20)17-10-12-5-7-13(8-6-12)18-9-3-2-4-14(18)19;/h5-8,11H,2-4,9-10,16H2,1H3,(H,17,20);1H/t11-;/m1./s1. The first kappa shape index (κ1) is 17.5. The van der Waals surface area contributed by atoms with E-state index in [-0.39, 0.29) is 24.2 Å². The second-order valence-corrected chi connectivity index (χ2v) is 5.18. The van der Waals surface area contributed by atoms with Gasteiger partial charge in [0.25, 0.3) is 0 Å². The van der Waals surface area contributed by atoms with Crippen LogP contribution in [-0.4, -0.2) is 24.4 Å². The number of carbonyl (C=O) groups is 2. The third-order valence-electron chi connectivity index (χ3n) is 3.45. The van der Waals surface area contributed by atoms with Crippen molar-refractivity contribution in [3.05, 3.63) is 29.8 Å². The molecule has 0 radical (unpaired) electrons. The maximum Gasteiger partial charge on any atom is 0.236 e. The molecule has 1 aromatic rings. The van der Waals surface area contributed by atoms with E-state index in [1.807, 2.05) is 29.2 Å². The minimum Gasteiger partial charge on any atom is -0.351 e. The van der Waals surface area contributed by atoms with Gasteiger partial charge >= 0.3 is 0 Å². The molecule has 5 nitrogen and oxygen atoms in total. The van der Waals surface area contributed by atoms with Gasteiger partial charge < -0.3 is 16.0 Å². The van der Waals surface area contributed by atoms with Crippen LogP contribution in [0, 0.1) is 0 Å². The van der Waals surface area contributed by atoms with Gasteiger partial charge in [0.2, 0.25) is 11.8 Å². The number of piperidine rings is 1. The number of nitrogens with one attached hydrogen (secondary N) is 1. The van der Waals surface area contributed by atoms with Crippen LogP contribution in [0.1, 0.15) is 31.7 Å². The molecule has 2 amide bonds. The normalized spacial score (nSPS) is 16.1. The van der Waals surface area contributed by atoms with Gasteiger partial charge in [0.15, 0.2) is 0 Å². The van der Waals surface area contributed by atoms with Crippen molar-refractivity contribution in [3.63, 3.8) is 0 Å². The molecular formula is C15H22ClN3O2. The molecule has 1 fully saturated rings. The third kappa shape index (κ3) is 4.72. The number of carbonyl (C=O) groups excluding carboxylic acids is 2. The molecule has 3 N–H and O–H groups in total. The van der Waals surface area contributed by atoms with Gasteiger partial charge in [0, 0.05) is 25.2 Å². The summed E-state index contributed by atoms with van der Waals surface area (Å²) >= 11 is 0. The molecular weight excluding hydrogens is 290 g/mol. The fourth-order valence-electron chi connectivity index (χ4n) is 2.22. The molecule has 1 saturated heterocycles. The summed E-state index contributed by atoms with van der Waals surface area (Å²) in [6, 6.07) is 7.21. The van der Waals surface area contributed by atoms with Crippen molar-refractivity contribution < 1.29 is 9.59 Å². The lowest BCUT2D eigenvalue weighted by Gasteiger charge is -2.26. The van der Waals surface area contributed by atoms with Gasteiger partial charge in [-0.25, -0.2) is 0 Å². The average molecular weight is 312 g/mol. The average Bonchev–Trinajstić information content (AvgIpc) is 2.46.